The lowest BCUT2D eigenvalue weighted by Crippen LogP contribution is -2.46. The van der Waals surface area contributed by atoms with Crippen molar-refractivity contribution in [3.8, 4) is 0 Å². The summed E-state index contributed by atoms with van der Waals surface area (Å²) in [5.41, 5.74) is -0.509. The zero-order valence-corrected chi connectivity index (χ0v) is 12.2. The molecule has 1 aliphatic rings. The highest BCUT2D eigenvalue weighted by molar-refractivity contribution is 5.89. The van der Waals surface area contributed by atoms with E-state index in [4.69, 9.17) is 4.52 Å². The first kappa shape index (κ1) is 14.5. The normalized spacial score (nSPS) is 16.5. The first-order valence-electron chi connectivity index (χ1n) is 7.24. The van der Waals surface area contributed by atoms with Crippen molar-refractivity contribution >= 4 is 11.7 Å². The first-order chi connectivity index (χ1) is 10.6. The third kappa shape index (κ3) is 2.79. The number of halogens is 1. The molecule has 1 aromatic carbocycles. The third-order valence-corrected chi connectivity index (χ3v) is 3.89. The number of carbonyl (C=O) groups is 1. The van der Waals surface area contributed by atoms with E-state index < -0.39 is 17.4 Å². The number of aromatic nitrogens is 2. The highest BCUT2D eigenvalue weighted by atomic mass is 19.1. The van der Waals surface area contributed by atoms with E-state index >= 15 is 0 Å². The van der Waals surface area contributed by atoms with Gasteiger partial charge in [0.15, 0.2) is 5.82 Å². The van der Waals surface area contributed by atoms with Gasteiger partial charge in [-0.2, -0.15) is 4.98 Å². The van der Waals surface area contributed by atoms with Crippen molar-refractivity contribution in [1.82, 2.24) is 15.5 Å². The van der Waals surface area contributed by atoms with E-state index in [-0.39, 0.29) is 5.69 Å². The molecule has 116 valence electrons. The summed E-state index contributed by atoms with van der Waals surface area (Å²) in [6.45, 7) is 1.71. The smallest absolute Gasteiger partial charge is 0.320 e. The number of para-hydroxylation sites is 1. The molecule has 0 spiro atoms. The second-order valence-electron chi connectivity index (χ2n) is 5.49. The number of nitrogens with one attached hydrogen (secondary N) is 2. The van der Waals surface area contributed by atoms with E-state index in [0.29, 0.717) is 11.7 Å². The van der Waals surface area contributed by atoms with Crippen LogP contribution in [0.4, 0.5) is 14.9 Å². The SMILES string of the molecule is Cc1nc(C2(NC(=O)Nc3ccccc3F)CCCC2)no1. The summed E-state index contributed by atoms with van der Waals surface area (Å²) in [6, 6.07) is 5.55. The van der Waals surface area contributed by atoms with Crippen molar-refractivity contribution in [2.75, 3.05) is 5.32 Å². The monoisotopic (exact) mass is 304 g/mol. The molecule has 0 saturated heterocycles. The van der Waals surface area contributed by atoms with E-state index in [0.717, 1.165) is 25.7 Å². The van der Waals surface area contributed by atoms with E-state index in [2.05, 4.69) is 20.8 Å². The minimum absolute atomic E-state index is 0.137. The van der Waals surface area contributed by atoms with Crippen molar-refractivity contribution in [2.24, 2.45) is 0 Å². The van der Waals surface area contributed by atoms with Gasteiger partial charge in [0.2, 0.25) is 5.89 Å². The lowest BCUT2D eigenvalue weighted by atomic mass is 9.97. The standard InChI is InChI=1S/C15H17FN4O2/c1-10-17-13(20-22-10)15(8-4-5-9-15)19-14(21)18-12-7-3-2-6-11(12)16/h2-3,6-7H,4-5,8-9H2,1H3,(H2,18,19,21). The molecule has 1 fully saturated rings. The number of urea groups is 1. The highest BCUT2D eigenvalue weighted by Crippen LogP contribution is 2.37. The van der Waals surface area contributed by atoms with Crippen LogP contribution in [0.5, 0.6) is 0 Å². The summed E-state index contributed by atoms with van der Waals surface area (Å²) in [4.78, 5) is 16.5. The van der Waals surface area contributed by atoms with Gasteiger partial charge in [-0.15, -0.1) is 0 Å². The maximum atomic E-state index is 13.6. The molecular weight excluding hydrogens is 287 g/mol. The molecule has 3 rings (SSSR count). The number of nitrogens with zero attached hydrogens (tertiary/aromatic N) is 2. The Kier molecular flexibility index (Phi) is 3.79. The Morgan fingerprint density at radius 1 is 1.32 bits per heavy atom. The van der Waals surface area contributed by atoms with Gasteiger partial charge in [-0.3, -0.25) is 0 Å². The van der Waals surface area contributed by atoms with Crippen molar-refractivity contribution in [3.05, 3.63) is 41.8 Å². The summed E-state index contributed by atoms with van der Waals surface area (Å²) in [5.74, 6) is 0.456. The van der Waals surface area contributed by atoms with Crippen molar-refractivity contribution in [1.29, 1.82) is 0 Å². The Labute approximate surface area is 127 Å². The van der Waals surface area contributed by atoms with Crippen LogP contribution in [0.1, 0.15) is 37.4 Å². The van der Waals surface area contributed by atoms with Crippen LogP contribution in [0.15, 0.2) is 28.8 Å². The van der Waals surface area contributed by atoms with Gasteiger partial charge in [0.05, 0.1) is 5.69 Å². The lowest BCUT2D eigenvalue weighted by Gasteiger charge is -2.26. The highest BCUT2D eigenvalue weighted by Gasteiger charge is 2.41. The molecule has 0 aliphatic heterocycles. The van der Waals surface area contributed by atoms with Crippen LogP contribution in [0.25, 0.3) is 0 Å². The van der Waals surface area contributed by atoms with Crippen LogP contribution in [0.3, 0.4) is 0 Å². The van der Waals surface area contributed by atoms with Gasteiger partial charge in [0, 0.05) is 6.92 Å². The van der Waals surface area contributed by atoms with Crippen molar-refractivity contribution in [2.45, 2.75) is 38.1 Å². The molecule has 0 atom stereocenters. The van der Waals surface area contributed by atoms with Crippen LogP contribution >= 0.6 is 0 Å². The predicted molar refractivity (Wildman–Crippen MR) is 77.7 cm³/mol. The van der Waals surface area contributed by atoms with Gasteiger partial charge in [-0.05, 0) is 25.0 Å². The van der Waals surface area contributed by atoms with Crippen LogP contribution in [-0.2, 0) is 5.54 Å². The average Bonchev–Trinajstić information content (AvgIpc) is 3.11. The van der Waals surface area contributed by atoms with E-state index in [1.807, 2.05) is 0 Å². The molecule has 1 heterocycles. The number of carbonyl (C=O) groups excluding carboxylic acids is 1. The summed E-state index contributed by atoms with van der Waals surface area (Å²) in [7, 11) is 0. The van der Waals surface area contributed by atoms with E-state index in [1.54, 1.807) is 19.1 Å². The van der Waals surface area contributed by atoms with Gasteiger partial charge < -0.3 is 15.2 Å². The number of benzene rings is 1. The van der Waals surface area contributed by atoms with Crippen LogP contribution in [0, 0.1) is 12.7 Å². The fourth-order valence-corrected chi connectivity index (χ4v) is 2.81. The maximum absolute atomic E-state index is 13.6. The number of hydrogen-bond acceptors (Lipinski definition) is 4. The molecule has 6 nitrogen and oxygen atoms in total. The fourth-order valence-electron chi connectivity index (χ4n) is 2.81. The largest absolute Gasteiger partial charge is 0.340 e. The van der Waals surface area contributed by atoms with Gasteiger partial charge >= 0.3 is 6.03 Å². The molecule has 22 heavy (non-hydrogen) atoms. The number of amides is 2. The van der Waals surface area contributed by atoms with Crippen LogP contribution in [0.2, 0.25) is 0 Å². The minimum atomic E-state index is -0.646. The van der Waals surface area contributed by atoms with Crippen LogP contribution in [-0.4, -0.2) is 16.2 Å². The third-order valence-electron chi connectivity index (χ3n) is 3.89. The molecule has 0 bridgehead atoms. The molecule has 7 heteroatoms. The Bertz CT molecular complexity index is 680. The van der Waals surface area contributed by atoms with E-state index in [9.17, 15) is 9.18 Å². The van der Waals surface area contributed by atoms with Gasteiger partial charge in [0.25, 0.3) is 0 Å². The van der Waals surface area contributed by atoms with E-state index in [1.165, 1.54) is 12.1 Å². The Morgan fingerprint density at radius 2 is 2.05 bits per heavy atom. The maximum Gasteiger partial charge on any atom is 0.320 e. The second kappa shape index (κ2) is 5.75. The molecule has 0 radical (unpaired) electrons. The number of aryl methyl sites for hydroxylation is 1. The Balaban J connectivity index is 1.77. The number of anilines is 1. The minimum Gasteiger partial charge on any atom is -0.340 e. The summed E-state index contributed by atoms with van der Waals surface area (Å²) in [6.07, 6.45) is 3.40. The molecule has 1 saturated carbocycles. The Morgan fingerprint density at radius 3 is 2.68 bits per heavy atom. The van der Waals surface area contributed by atoms with Gasteiger partial charge in [-0.1, -0.05) is 30.1 Å². The average molecular weight is 304 g/mol. The summed E-state index contributed by atoms with van der Waals surface area (Å²) >= 11 is 0. The predicted octanol–water partition coefficient (Wildman–Crippen LogP) is 3.11. The molecule has 2 aromatic rings. The number of rotatable bonds is 3. The van der Waals surface area contributed by atoms with Crippen LogP contribution < -0.4 is 10.6 Å². The van der Waals surface area contributed by atoms with Gasteiger partial charge in [0.1, 0.15) is 11.4 Å². The van der Waals surface area contributed by atoms with Gasteiger partial charge in [-0.25, -0.2) is 9.18 Å². The fraction of sp³-hybridized carbons (Fsp3) is 0.400. The molecule has 1 aromatic heterocycles. The molecular formula is C15H17FN4O2. The first-order valence-corrected chi connectivity index (χ1v) is 7.24. The lowest BCUT2D eigenvalue weighted by molar-refractivity contribution is 0.232. The quantitative estimate of drug-likeness (QED) is 0.913. The molecule has 1 aliphatic carbocycles. The number of hydrogen-bond donors (Lipinski definition) is 2. The summed E-state index contributed by atoms with van der Waals surface area (Å²) in [5, 5.41) is 9.37. The summed E-state index contributed by atoms with van der Waals surface area (Å²) < 4.78 is 18.6. The molecule has 2 N–H and O–H groups in total. The van der Waals surface area contributed by atoms with Crippen molar-refractivity contribution < 1.29 is 13.7 Å². The molecule has 2 amide bonds. The zero-order valence-electron chi connectivity index (χ0n) is 12.2. The topological polar surface area (TPSA) is 80.0 Å². The second-order valence-corrected chi connectivity index (χ2v) is 5.49. The molecule has 0 unspecified atom stereocenters. The Hall–Kier alpha value is -2.44. The zero-order chi connectivity index (χ0) is 15.6. The van der Waals surface area contributed by atoms with Crippen molar-refractivity contribution in [3.63, 3.8) is 0 Å².